The van der Waals surface area contributed by atoms with Gasteiger partial charge in [-0.2, -0.15) is 0 Å². The molecular formula is C13H13Cl2NO2. The third-order valence-electron chi connectivity index (χ3n) is 2.82. The van der Waals surface area contributed by atoms with E-state index < -0.39 is 4.84 Å². The molecule has 5 heteroatoms. The van der Waals surface area contributed by atoms with E-state index in [4.69, 9.17) is 27.6 Å². The lowest BCUT2D eigenvalue weighted by Crippen LogP contribution is -2.35. The van der Waals surface area contributed by atoms with Crippen LogP contribution in [0, 0.1) is 0 Å². The number of likely N-dealkylation sites (N-methyl/N-ethyl adjacent to an activating group) is 1. The number of benzene rings is 1. The first kappa shape index (κ1) is 13.4. The smallest absolute Gasteiger partial charge is 0.179 e. The quantitative estimate of drug-likeness (QED) is 0.676. The molecule has 0 amide bonds. The number of rotatable bonds is 5. The minimum absolute atomic E-state index is 0.0214. The number of ketones is 1. The van der Waals surface area contributed by atoms with Crippen molar-refractivity contribution in [3.05, 3.63) is 36.1 Å². The zero-order chi connectivity index (χ0) is 13.1. The summed E-state index contributed by atoms with van der Waals surface area (Å²) in [6.45, 7) is 0. The van der Waals surface area contributed by atoms with Crippen molar-refractivity contribution in [2.75, 3.05) is 7.05 Å². The van der Waals surface area contributed by atoms with Gasteiger partial charge >= 0.3 is 0 Å². The van der Waals surface area contributed by atoms with Gasteiger partial charge in [0.15, 0.2) is 5.78 Å². The summed E-state index contributed by atoms with van der Waals surface area (Å²) in [4.78, 5) is 11.7. The van der Waals surface area contributed by atoms with Gasteiger partial charge in [0.25, 0.3) is 0 Å². The maximum atomic E-state index is 12.3. The number of alkyl halides is 2. The standard InChI is InChI=1S/C13H13Cl2NO2/c1-16-10(7-12(14)15)13(17)9-2-3-11-8(6-9)4-5-18-11/h2-6,10,12,16H,7H2,1H3. The summed E-state index contributed by atoms with van der Waals surface area (Å²) in [5, 5.41) is 3.84. The molecule has 2 aromatic rings. The molecule has 0 saturated carbocycles. The van der Waals surface area contributed by atoms with Crippen LogP contribution in [0.25, 0.3) is 11.0 Å². The van der Waals surface area contributed by atoms with E-state index in [9.17, 15) is 4.79 Å². The Balaban J connectivity index is 2.25. The summed E-state index contributed by atoms with van der Waals surface area (Å²) < 4.78 is 5.23. The van der Waals surface area contributed by atoms with Crippen LogP contribution in [0.1, 0.15) is 16.8 Å². The van der Waals surface area contributed by atoms with Crippen LogP contribution < -0.4 is 5.32 Å². The van der Waals surface area contributed by atoms with E-state index in [0.717, 1.165) is 11.0 Å². The van der Waals surface area contributed by atoms with E-state index in [1.54, 1.807) is 25.4 Å². The first-order chi connectivity index (χ1) is 8.61. The zero-order valence-corrected chi connectivity index (χ0v) is 11.3. The molecule has 0 aliphatic carbocycles. The van der Waals surface area contributed by atoms with E-state index >= 15 is 0 Å². The van der Waals surface area contributed by atoms with E-state index in [1.807, 2.05) is 12.1 Å². The van der Waals surface area contributed by atoms with Crippen LogP contribution in [0.2, 0.25) is 0 Å². The topological polar surface area (TPSA) is 42.2 Å². The molecule has 1 heterocycles. The number of carbonyl (C=O) groups excluding carboxylic acids is 1. The molecule has 1 atom stereocenters. The Morgan fingerprint density at radius 1 is 1.39 bits per heavy atom. The average molecular weight is 286 g/mol. The number of furan rings is 1. The van der Waals surface area contributed by atoms with Gasteiger partial charge in [-0.25, -0.2) is 0 Å². The second kappa shape index (κ2) is 5.74. The molecule has 2 rings (SSSR count). The fourth-order valence-corrected chi connectivity index (χ4v) is 2.21. The number of fused-ring (bicyclic) bond motifs is 1. The predicted octanol–water partition coefficient (Wildman–Crippen LogP) is 3.40. The first-order valence-corrected chi connectivity index (χ1v) is 6.46. The Morgan fingerprint density at radius 2 is 2.17 bits per heavy atom. The van der Waals surface area contributed by atoms with Crippen molar-refractivity contribution in [2.24, 2.45) is 0 Å². The van der Waals surface area contributed by atoms with Crippen molar-refractivity contribution >= 4 is 40.0 Å². The lowest BCUT2D eigenvalue weighted by atomic mass is 10.0. The van der Waals surface area contributed by atoms with Crippen molar-refractivity contribution in [3.63, 3.8) is 0 Å². The zero-order valence-electron chi connectivity index (χ0n) is 9.82. The molecule has 0 aliphatic rings. The Morgan fingerprint density at radius 3 is 2.83 bits per heavy atom. The number of hydrogen-bond acceptors (Lipinski definition) is 3. The van der Waals surface area contributed by atoms with E-state index in [0.29, 0.717) is 12.0 Å². The molecule has 3 nitrogen and oxygen atoms in total. The molecular weight excluding hydrogens is 273 g/mol. The third kappa shape index (κ3) is 2.86. The van der Waals surface area contributed by atoms with Crippen LogP contribution >= 0.6 is 23.2 Å². The Kier molecular flexibility index (Phi) is 4.27. The van der Waals surface area contributed by atoms with Gasteiger partial charge in [0.1, 0.15) is 10.4 Å². The number of nitrogens with one attached hydrogen (secondary N) is 1. The van der Waals surface area contributed by atoms with Crippen molar-refractivity contribution in [3.8, 4) is 0 Å². The fourth-order valence-electron chi connectivity index (χ4n) is 1.86. The largest absolute Gasteiger partial charge is 0.464 e. The summed E-state index contributed by atoms with van der Waals surface area (Å²) >= 11 is 11.4. The minimum Gasteiger partial charge on any atom is -0.464 e. The maximum absolute atomic E-state index is 12.3. The second-order valence-corrected chi connectivity index (χ2v) is 5.28. The first-order valence-electron chi connectivity index (χ1n) is 5.58. The molecule has 0 spiro atoms. The molecule has 1 unspecified atom stereocenters. The van der Waals surface area contributed by atoms with Crippen molar-refractivity contribution in [2.45, 2.75) is 17.3 Å². The van der Waals surface area contributed by atoms with Gasteiger partial charge in [0.05, 0.1) is 12.3 Å². The number of Topliss-reactive ketones (excluding diaryl/α,β-unsaturated/α-hetero) is 1. The Labute approximate surface area is 115 Å². The van der Waals surface area contributed by atoms with Crippen LogP contribution in [0.15, 0.2) is 34.9 Å². The SMILES string of the molecule is CNC(CC(Cl)Cl)C(=O)c1ccc2occc2c1. The highest BCUT2D eigenvalue weighted by atomic mass is 35.5. The molecule has 0 saturated heterocycles. The van der Waals surface area contributed by atoms with Crippen LogP contribution in [0.4, 0.5) is 0 Å². The van der Waals surface area contributed by atoms with Gasteiger partial charge in [-0.05, 0) is 31.3 Å². The summed E-state index contributed by atoms with van der Waals surface area (Å²) in [6.07, 6.45) is 1.98. The summed E-state index contributed by atoms with van der Waals surface area (Å²) in [5.74, 6) is -0.0214. The highest BCUT2D eigenvalue weighted by molar-refractivity contribution is 6.44. The average Bonchev–Trinajstić information content (AvgIpc) is 2.81. The number of carbonyl (C=O) groups is 1. The van der Waals surface area contributed by atoms with Crippen LogP contribution in [-0.2, 0) is 0 Å². The molecule has 18 heavy (non-hydrogen) atoms. The van der Waals surface area contributed by atoms with Gasteiger partial charge in [-0.15, -0.1) is 23.2 Å². The van der Waals surface area contributed by atoms with E-state index in [1.165, 1.54) is 0 Å². The summed E-state index contributed by atoms with van der Waals surface area (Å²) in [5.41, 5.74) is 1.39. The molecule has 96 valence electrons. The predicted molar refractivity (Wildman–Crippen MR) is 73.5 cm³/mol. The van der Waals surface area contributed by atoms with E-state index in [-0.39, 0.29) is 11.8 Å². The lowest BCUT2D eigenvalue weighted by Gasteiger charge is -2.15. The summed E-state index contributed by atoms with van der Waals surface area (Å²) in [6, 6.07) is 6.79. The van der Waals surface area contributed by atoms with Crippen molar-refractivity contribution < 1.29 is 9.21 Å². The highest BCUT2D eigenvalue weighted by Gasteiger charge is 2.21. The monoisotopic (exact) mass is 285 g/mol. The van der Waals surface area contributed by atoms with Crippen LogP contribution in [0.3, 0.4) is 0 Å². The maximum Gasteiger partial charge on any atom is 0.179 e. The summed E-state index contributed by atoms with van der Waals surface area (Å²) in [7, 11) is 1.72. The lowest BCUT2D eigenvalue weighted by molar-refractivity contribution is 0.0944. The molecule has 1 aromatic heterocycles. The van der Waals surface area contributed by atoms with Crippen LogP contribution in [0.5, 0.6) is 0 Å². The Hall–Kier alpha value is -1.03. The molecule has 0 aliphatic heterocycles. The minimum atomic E-state index is -0.566. The van der Waals surface area contributed by atoms with Gasteiger partial charge < -0.3 is 9.73 Å². The van der Waals surface area contributed by atoms with E-state index in [2.05, 4.69) is 5.32 Å². The normalized spacial score (nSPS) is 13.1. The molecule has 0 fully saturated rings. The second-order valence-electron chi connectivity index (χ2n) is 4.01. The van der Waals surface area contributed by atoms with Crippen molar-refractivity contribution in [1.29, 1.82) is 0 Å². The molecule has 1 N–H and O–H groups in total. The van der Waals surface area contributed by atoms with Gasteiger partial charge in [0.2, 0.25) is 0 Å². The fraction of sp³-hybridized carbons (Fsp3) is 0.308. The van der Waals surface area contributed by atoms with Gasteiger partial charge in [0, 0.05) is 17.4 Å². The van der Waals surface area contributed by atoms with Crippen molar-refractivity contribution in [1.82, 2.24) is 5.32 Å². The number of halogens is 2. The van der Waals surface area contributed by atoms with Gasteiger partial charge in [-0.1, -0.05) is 0 Å². The highest BCUT2D eigenvalue weighted by Crippen LogP contribution is 2.19. The third-order valence-corrected chi connectivity index (χ3v) is 3.17. The van der Waals surface area contributed by atoms with Gasteiger partial charge in [-0.3, -0.25) is 4.79 Å². The van der Waals surface area contributed by atoms with Crippen LogP contribution in [-0.4, -0.2) is 23.7 Å². The number of hydrogen-bond donors (Lipinski definition) is 1. The Bertz CT molecular complexity index is 551. The molecule has 1 aromatic carbocycles. The molecule has 0 radical (unpaired) electrons. The molecule has 0 bridgehead atoms.